The number of ether oxygens (including phenoxy) is 1. The predicted molar refractivity (Wildman–Crippen MR) is 89.4 cm³/mol. The first-order valence-electron chi connectivity index (χ1n) is 8.71. The number of hydrogen-bond donors (Lipinski definition) is 1. The van der Waals surface area contributed by atoms with Crippen molar-refractivity contribution in [1.29, 1.82) is 0 Å². The molecule has 2 saturated heterocycles. The van der Waals surface area contributed by atoms with E-state index in [1.165, 1.54) is 12.1 Å². The van der Waals surface area contributed by atoms with Crippen LogP contribution in [0.25, 0.3) is 0 Å². The van der Waals surface area contributed by atoms with Crippen LogP contribution in [0.1, 0.15) is 64.0 Å². The van der Waals surface area contributed by atoms with Crippen molar-refractivity contribution in [1.82, 2.24) is 4.90 Å². The van der Waals surface area contributed by atoms with Gasteiger partial charge in [-0.15, -0.1) is 0 Å². The van der Waals surface area contributed by atoms with Crippen LogP contribution in [0.15, 0.2) is 24.3 Å². The number of fused-ring (bicyclic) bond motifs is 2. The molecule has 6 heteroatoms. The molecule has 138 valence electrons. The zero-order chi connectivity index (χ0) is 18.4. The summed E-state index contributed by atoms with van der Waals surface area (Å²) in [6, 6.07) is 5.69. The number of nitrogens with zero attached hydrogens (tertiary/aromatic N) is 1. The highest BCUT2D eigenvalue weighted by molar-refractivity contribution is 5.69. The minimum absolute atomic E-state index is 0.0542. The Morgan fingerprint density at radius 1 is 1.20 bits per heavy atom. The Morgan fingerprint density at radius 2 is 1.72 bits per heavy atom. The third kappa shape index (κ3) is 3.64. The van der Waals surface area contributed by atoms with E-state index in [2.05, 4.69) is 0 Å². The van der Waals surface area contributed by atoms with E-state index in [-0.39, 0.29) is 23.7 Å². The van der Waals surface area contributed by atoms with Crippen molar-refractivity contribution >= 4 is 6.09 Å². The van der Waals surface area contributed by atoms with Gasteiger partial charge in [-0.25, -0.2) is 13.6 Å². The topological polar surface area (TPSA) is 49.8 Å². The van der Waals surface area contributed by atoms with E-state index in [1.807, 2.05) is 20.8 Å². The molecule has 0 aromatic heterocycles. The van der Waals surface area contributed by atoms with Gasteiger partial charge >= 0.3 is 6.09 Å². The van der Waals surface area contributed by atoms with Crippen molar-refractivity contribution in [2.75, 3.05) is 0 Å². The average Bonchev–Trinajstić information content (AvgIpc) is 2.78. The van der Waals surface area contributed by atoms with Gasteiger partial charge in [0.15, 0.2) is 0 Å². The highest BCUT2D eigenvalue weighted by Gasteiger charge is 2.51. The van der Waals surface area contributed by atoms with E-state index < -0.39 is 17.6 Å². The van der Waals surface area contributed by atoms with Crippen LogP contribution >= 0.6 is 0 Å². The van der Waals surface area contributed by atoms with E-state index in [1.54, 1.807) is 17.0 Å². The van der Waals surface area contributed by atoms with Crippen LogP contribution in [0.2, 0.25) is 0 Å². The SMILES string of the molecule is CC(C)(C)OC(=O)N1C2CCC1CC(O)(c1ccc(C(F)F)cc1)C2. The van der Waals surface area contributed by atoms with Gasteiger partial charge in [0.1, 0.15) is 5.60 Å². The number of benzene rings is 1. The minimum atomic E-state index is -2.52. The summed E-state index contributed by atoms with van der Waals surface area (Å²) < 4.78 is 30.9. The smallest absolute Gasteiger partial charge is 0.410 e. The van der Waals surface area contributed by atoms with E-state index in [4.69, 9.17) is 4.74 Å². The van der Waals surface area contributed by atoms with Gasteiger partial charge in [-0.3, -0.25) is 0 Å². The van der Waals surface area contributed by atoms with Gasteiger partial charge in [-0.05, 0) is 39.2 Å². The molecule has 4 nitrogen and oxygen atoms in total. The lowest BCUT2D eigenvalue weighted by Crippen LogP contribution is -2.53. The fourth-order valence-corrected chi connectivity index (χ4v) is 4.01. The van der Waals surface area contributed by atoms with Crippen molar-refractivity contribution in [2.45, 2.75) is 76.2 Å². The largest absolute Gasteiger partial charge is 0.444 e. The van der Waals surface area contributed by atoms with Crippen molar-refractivity contribution in [3.05, 3.63) is 35.4 Å². The lowest BCUT2D eigenvalue weighted by Gasteiger charge is -2.44. The molecule has 2 heterocycles. The highest BCUT2D eigenvalue weighted by atomic mass is 19.3. The maximum Gasteiger partial charge on any atom is 0.410 e. The number of carbonyl (C=O) groups excluding carboxylic acids is 1. The third-order valence-corrected chi connectivity index (χ3v) is 5.07. The van der Waals surface area contributed by atoms with Crippen LogP contribution in [0.4, 0.5) is 13.6 Å². The predicted octanol–water partition coefficient (Wildman–Crippen LogP) is 4.37. The Labute approximate surface area is 146 Å². The van der Waals surface area contributed by atoms with E-state index >= 15 is 0 Å². The first-order valence-corrected chi connectivity index (χ1v) is 8.71. The van der Waals surface area contributed by atoms with Crippen molar-refractivity contribution in [3.63, 3.8) is 0 Å². The van der Waals surface area contributed by atoms with Crippen LogP contribution in [-0.2, 0) is 10.3 Å². The molecule has 2 aliphatic heterocycles. The van der Waals surface area contributed by atoms with Gasteiger partial charge in [-0.2, -0.15) is 0 Å². The van der Waals surface area contributed by atoms with Crippen LogP contribution in [0.3, 0.4) is 0 Å². The fraction of sp³-hybridized carbons (Fsp3) is 0.632. The van der Waals surface area contributed by atoms with Crippen LogP contribution in [0.5, 0.6) is 0 Å². The van der Waals surface area contributed by atoms with Crippen molar-refractivity contribution < 1.29 is 23.4 Å². The molecule has 2 fully saturated rings. The number of amides is 1. The fourth-order valence-electron chi connectivity index (χ4n) is 4.01. The first-order chi connectivity index (χ1) is 11.6. The maximum atomic E-state index is 12.7. The molecule has 1 amide bonds. The summed E-state index contributed by atoms with van der Waals surface area (Å²) in [5.41, 5.74) is -1.07. The highest BCUT2D eigenvalue weighted by Crippen LogP contribution is 2.46. The molecule has 2 atom stereocenters. The van der Waals surface area contributed by atoms with Crippen LogP contribution in [0, 0.1) is 0 Å². The second kappa shape index (κ2) is 6.24. The Bertz CT molecular complexity index is 625. The van der Waals surface area contributed by atoms with Gasteiger partial charge in [-0.1, -0.05) is 24.3 Å². The molecular formula is C19H25F2NO3. The van der Waals surface area contributed by atoms with Crippen molar-refractivity contribution in [3.8, 4) is 0 Å². The van der Waals surface area contributed by atoms with E-state index in [9.17, 15) is 18.7 Å². The summed E-state index contributed by atoms with van der Waals surface area (Å²) in [5, 5.41) is 11.1. The maximum absolute atomic E-state index is 12.7. The number of alkyl halides is 2. The first kappa shape index (κ1) is 18.1. The summed E-state index contributed by atoms with van der Waals surface area (Å²) in [6.07, 6.45) is -0.417. The second-order valence-electron chi connectivity index (χ2n) is 8.14. The lowest BCUT2D eigenvalue weighted by atomic mass is 9.80. The van der Waals surface area contributed by atoms with Gasteiger partial charge in [0, 0.05) is 30.5 Å². The Kier molecular flexibility index (Phi) is 4.52. The molecule has 25 heavy (non-hydrogen) atoms. The van der Waals surface area contributed by atoms with Gasteiger partial charge < -0.3 is 14.7 Å². The van der Waals surface area contributed by atoms with Gasteiger partial charge in [0.25, 0.3) is 6.43 Å². The Morgan fingerprint density at radius 3 is 2.16 bits per heavy atom. The lowest BCUT2D eigenvalue weighted by molar-refractivity contribution is -0.0624. The monoisotopic (exact) mass is 353 g/mol. The molecule has 0 aliphatic carbocycles. The molecule has 0 radical (unpaired) electrons. The molecule has 2 aliphatic rings. The van der Waals surface area contributed by atoms with Crippen LogP contribution in [-0.4, -0.2) is 33.8 Å². The summed E-state index contributed by atoms with van der Waals surface area (Å²) in [7, 11) is 0. The Hall–Kier alpha value is -1.69. The number of piperidine rings is 1. The molecule has 1 aromatic carbocycles. The molecule has 2 bridgehead atoms. The number of carbonyl (C=O) groups is 1. The standard InChI is InChI=1S/C19H25F2NO3/c1-18(2,3)25-17(23)22-14-8-9-15(22)11-19(24,10-14)13-6-4-12(5-7-13)16(20)21/h4-7,14-16,24H,8-11H2,1-3H3. The average molecular weight is 353 g/mol. The van der Waals surface area contributed by atoms with Gasteiger partial charge in [0.2, 0.25) is 0 Å². The number of aliphatic hydroxyl groups is 1. The molecule has 0 spiro atoms. The number of halogens is 2. The zero-order valence-electron chi connectivity index (χ0n) is 14.8. The molecule has 2 unspecified atom stereocenters. The summed E-state index contributed by atoms with van der Waals surface area (Å²) in [6.45, 7) is 5.49. The van der Waals surface area contributed by atoms with E-state index in [0.29, 0.717) is 18.4 Å². The normalized spacial score (nSPS) is 29.2. The summed E-state index contributed by atoms with van der Waals surface area (Å²) in [4.78, 5) is 14.2. The molecule has 0 saturated carbocycles. The molecule has 1 aromatic rings. The summed E-state index contributed by atoms with van der Waals surface area (Å²) in [5.74, 6) is 0. The Balaban J connectivity index is 1.77. The minimum Gasteiger partial charge on any atom is -0.444 e. The zero-order valence-corrected chi connectivity index (χ0v) is 14.8. The van der Waals surface area contributed by atoms with Crippen LogP contribution < -0.4 is 0 Å². The van der Waals surface area contributed by atoms with Crippen molar-refractivity contribution in [2.24, 2.45) is 0 Å². The summed E-state index contributed by atoms with van der Waals surface area (Å²) >= 11 is 0. The number of hydrogen-bond acceptors (Lipinski definition) is 3. The van der Waals surface area contributed by atoms with E-state index in [0.717, 1.165) is 12.8 Å². The molecule has 1 N–H and O–H groups in total. The molecule has 3 rings (SSSR count). The van der Waals surface area contributed by atoms with Gasteiger partial charge in [0.05, 0.1) is 5.60 Å². The third-order valence-electron chi connectivity index (χ3n) is 5.07. The molecular weight excluding hydrogens is 328 g/mol. The quantitative estimate of drug-likeness (QED) is 0.859. The number of rotatable bonds is 2. The second-order valence-corrected chi connectivity index (χ2v) is 8.14.